The molecule has 4 nitrogen and oxygen atoms in total. The molecule has 1 heterocycles. The fourth-order valence-electron chi connectivity index (χ4n) is 1.67. The lowest BCUT2D eigenvalue weighted by molar-refractivity contribution is 0.207. The first-order valence-corrected chi connectivity index (χ1v) is 5.69. The topological polar surface area (TPSA) is 58.3 Å². The van der Waals surface area contributed by atoms with Crippen molar-refractivity contribution in [3.63, 3.8) is 0 Å². The molecule has 0 aromatic carbocycles. The van der Waals surface area contributed by atoms with Crippen LogP contribution < -0.4 is 5.32 Å². The van der Waals surface area contributed by atoms with Gasteiger partial charge >= 0.3 is 0 Å². The molecule has 0 atom stereocenters. The second kappa shape index (κ2) is 5.46. The Morgan fingerprint density at radius 3 is 2.56 bits per heavy atom. The maximum absolute atomic E-state index is 8.92. The zero-order valence-corrected chi connectivity index (χ0v) is 10.6. The van der Waals surface area contributed by atoms with Crippen LogP contribution in [0.1, 0.15) is 37.3 Å². The Morgan fingerprint density at radius 1 is 1.38 bits per heavy atom. The number of nitrogens with one attached hydrogen (secondary N) is 1. The highest BCUT2D eigenvalue weighted by molar-refractivity contribution is 5.20. The number of hydrogen-bond acceptors (Lipinski definition) is 4. The molecule has 0 saturated carbocycles. The summed E-state index contributed by atoms with van der Waals surface area (Å²) in [4.78, 5) is 0. The lowest BCUT2D eigenvalue weighted by atomic mass is 9.90. The van der Waals surface area contributed by atoms with Crippen LogP contribution in [0.25, 0.3) is 0 Å². The van der Waals surface area contributed by atoms with Crippen LogP contribution in [0.3, 0.4) is 0 Å². The average molecular weight is 226 g/mol. The van der Waals surface area contributed by atoms with Crippen LogP contribution in [0.5, 0.6) is 0 Å². The Morgan fingerprint density at radius 2 is 2.06 bits per heavy atom. The highest BCUT2D eigenvalue weighted by atomic mass is 16.5. The molecule has 4 heteroatoms. The molecule has 0 bridgehead atoms. The standard InChI is InChI=1S/C12H22N2O2/c1-9-11(10(2)16-14-9)7-13-8-12(3,4)5-6-15/h13,15H,5-8H2,1-4H3. The third-order valence-corrected chi connectivity index (χ3v) is 2.88. The van der Waals surface area contributed by atoms with Crippen molar-refractivity contribution in [2.75, 3.05) is 13.2 Å². The molecule has 2 N–H and O–H groups in total. The van der Waals surface area contributed by atoms with Gasteiger partial charge in [0, 0.05) is 25.3 Å². The number of aliphatic hydroxyl groups is 1. The van der Waals surface area contributed by atoms with E-state index in [1.165, 1.54) is 0 Å². The fourth-order valence-corrected chi connectivity index (χ4v) is 1.67. The summed E-state index contributed by atoms with van der Waals surface area (Å²) in [5.74, 6) is 0.880. The molecule has 0 unspecified atom stereocenters. The molecule has 92 valence electrons. The van der Waals surface area contributed by atoms with Crippen molar-refractivity contribution >= 4 is 0 Å². The second-order valence-corrected chi connectivity index (χ2v) is 5.04. The van der Waals surface area contributed by atoms with E-state index in [1.54, 1.807) is 0 Å². The van der Waals surface area contributed by atoms with Crippen molar-refractivity contribution in [1.29, 1.82) is 0 Å². The van der Waals surface area contributed by atoms with Crippen LogP contribution in [0.15, 0.2) is 4.52 Å². The predicted molar refractivity (Wildman–Crippen MR) is 63.2 cm³/mol. The minimum absolute atomic E-state index is 0.119. The first kappa shape index (κ1) is 13.2. The van der Waals surface area contributed by atoms with Crippen LogP contribution in [0, 0.1) is 19.3 Å². The maximum atomic E-state index is 8.92. The van der Waals surface area contributed by atoms with E-state index in [1.807, 2.05) is 13.8 Å². The van der Waals surface area contributed by atoms with Crippen LogP contribution in [0.2, 0.25) is 0 Å². The number of aryl methyl sites for hydroxylation is 2. The molecular weight excluding hydrogens is 204 g/mol. The minimum atomic E-state index is 0.119. The van der Waals surface area contributed by atoms with Gasteiger partial charge in [0.2, 0.25) is 0 Å². The summed E-state index contributed by atoms with van der Waals surface area (Å²) in [7, 11) is 0. The van der Waals surface area contributed by atoms with Crippen LogP contribution in [0.4, 0.5) is 0 Å². The molecule has 16 heavy (non-hydrogen) atoms. The molecule has 0 aliphatic carbocycles. The molecule has 0 amide bonds. The summed E-state index contributed by atoms with van der Waals surface area (Å²) in [6.45, 7) is 10.0. The third kappa shape index (κ3) is 3.61. The van der Waals surface area contributed by atoms with Crippen molar-refractivity contribution in [1.82, 2.24) is 10.5 Å². The number of rotatable bonds is 6. The fraction of sp³-hybridized carbons (Fsp3) is 0.750. The van der Waals surface area contributed by atoms with E-state index in [9.17, 15) is 0 Å². The van der Waals surface area contributed by atoms with E-state index in [2.05, 4.69) is 24.3 Å². The van der Waals surface area contributed by atoms with Crippen molar-refractivity contribution in [3.8, 4) is 0 Å². The number of aromatic nitrogens is 1. The van der Waals surface area contributed by atoms with E-state index in [0.717, 1.165) is 36.5 Å². The molecule has 1 aromatic heterocycles. The monoisotopic (exact) mass is 226 g/mol. The van der Waals surface area contributed by atoms with Gasteiger partial charge < -0.3 is 14.9 Å². The van der Waals surface area contributed by atoms with Gasteiger partial charge in [0.1, 0.15) is 5.76 Å². The summed E-state index contributed by atoms with van der Waals surface area (Å²) >= 11 is 0. The van der Waals surface area contributed by atoms with Gasteiger partial charge in [-0.15, -0.1) is 0 Å². The third-order valence-electron chi connectivity index (χ3n) is 2.88. The average Bonchev–Trinajstić information content (AvgIpc) is 2.48. The smallest absolute Gasteiger partial charge is 0.138 e. The first-order valence-electron chi connectivity index (χ1n) is 5.69. The van der Waals surface area contributed by atoms with Crippen LogP contribution in [-0.4, -0.2) is 23.4 Å². The van der Waals surface area contributed by atoms with E-state index >= 15 is 0 Å². The largest absolute Gasteiger partial charge is 0.396 e. The molecule has 0 aliphatic heterocycles. The van der Waals surface area contributed by atoms with E-state index < -0.39 is 0 Å². The van der Waals surface area contributed by atoms with Gasteiger partial charge in [-0.2, -0.15) is 0 Å². The van der Waals surface area contributed by atoms with Gasteiger partial charge in [-0.05, 0) is 25.7 Å². The zero-order valence-electron chi connectivity index (χ0n) is 10.6. The van der Waals surface area contributed by atoms with Crippen molar-refractivity contribution in [2.24, 2.45) is 5.41 Å². The molecular formula is C12H22N2O2. The van der Waals surface area contributed by atoms with Crippen molar-refractivity contribution in [2.45, 2.75) is 40.7 Å². The van der Waals surface area contributed by atoms with Gasteiger partial charge in [0.15, 0.2) is 0 Å². The quantitative estimate of drug-likeness (QED) is 0.776. The first-order chi connectivity index (χ1) is 7.46. The summed E-state index contributed by atoms with van der Waals surface area (Å²) in [5.41, 5.74) is 2.21. The van der Waals surface area contributed by atoms with Gasteiger partial charge in [0.05, 0.1) is 5.69 Å². The summed E-state index contributed by atoms with van der Waals surface area (Å²) < 4.78 is 5.10. The zero-order chi connectivity index (χ0) is 12.2. The van der Waals surface area contributed by atoms with Gasteiger partial charge in [-0.3, -0.25) is 0 Å². The van der Waals surface area contributed by atoms with E-state index in [4.69, 9.17) is 9.63 Å². The Labute approximate surface area is 97.0 Å². The molecule has 0 spiro atoms. The van der Waals surface area contributed by atoms with E-state index in [0.29, 0.717) is 0 Å². The molecule has 1 aromatic rings. The molecule has 0 saturated heterocycles. The molecule has 0 aliphatic rings. The lowest BCUT2D eigenvalue weighted by Gasteiger charge is -2.23. The molecule has 0 fully saturated rings. The number of nitrogens with zero attached hydrogens (tertiary/aromatic N) is 1. The molecule has 0 radical (unpaired) electrons. The Kier molecular flexibility index (Phi) is 4.50. The number of hydrogen-bond donors (Lipinski definition) is 2. The van der Waals surface area contributed by atoms with Gasteiger partial charge in [-0.25, -0.2) is 0 Å². The normalized spacial score (nSPS) is 12.1. The lowest BCUT2D eigenvalue weighted by Crippen LogP contribution is -2.30. The summed E-state index contributed by atoms with van der Waals surface area (Å²) in [6, 6.07) is 0. The van der Waals surface area contributed by atoms with E-state index in [-0.39, 0.29) is 12.0 Å². The minimum Gasteiger partial charge on any atom is -0.396 e. The highest BCUT2D eigenvalue weighted by Gasteiger charge is 2.17. The number of aliphatic hydroxyl groups excluding tert-OH is 1. The Balaban J connectivity index is 2.41. The summed E-state index contributed by atoms with van der Waals surface area (Å²) in [6.07, 6.45) is 0.807. The Bertz CT molecular complexity index is 312. The molecule has 1 rings (SSSR count). The van der Waals surface area contributed by atoms with Gasteiger partial charge in [0.25, 0.3) is 0 Å². The second-order valence-electron chi connectivity index (χ2n) is 5.04. The Hall–Kier alpha value is -0.870. The summed E-state index contributed by atoms with van der Waals surface area (Å²) in [5, 5.41) is 16.2. The van der Waals surface area contributed by atoms with Crippen LogP contribution in [-0.2, 0) is 6.54 Å². The van der Waals surface area contributed by atoms with Crippen molar-refractivity contribution < 1.29 is 9.63 Å². The maximum Gasteiger partial charge on any atom is 0.138 e. The van der Waals surface area contributed by atoms with Crippen LogP contribution >= 0.6 is 0 Å². The predicted octanol–water partition coefficient (Wildman–Crippen LogP) is 1.79. The SMILES string of the molecule is Cc1noc(C)c1CNCC(C)(C)CCO. The highest BCUT2D eigenvalue weighted by Crippen LogP contribution is 2.19. The van der Waals surface area contributed by atoms with Crippen molar-refractivity contribution in [3.05, 3.63) is 17.0 Å². The van der Waals surface area contributed by atoms with Gasteiger partial charge in [-0.1, -0.05) is 19.0 Å².